The maximum absolute atomic E-state index is 2.69. The van der Waals surface area contributed by atoms with Crippen LogP contribution in [0.15, 0.2) is 43.8 Å². The maximum Gasteiger partial charge on any atom is -1.00 e. The third kappa shape index (κ3) is 4.69. The van der Waals surface area contributed by atoms with E-state index in [1.807, 2.05) is 3.28 Å². The molecule has 0 aromatic rings. The van der Waals surface area contributed by atoms with Crippen LogP contribution in [0.4, 0.5) is 0 Å². The van der Waals surface area contributed by atoms with Gasteiger partial charge in [0.05, 0.1) is 0 Å². The van der Waals surface area contributed by atoms with Crippen molar-refractivity contribution in [1.29, 1.82) is 0 Å². The van der Waals surface area contributed by atoms with Crippen LogP contribution in [0.5, 0.6) is 0 Å². The van der Waals surface area contributed by atoms with Crippen LogP contribution in [-0.2, 0) is 23.2 Å². The van der Waals surface area contributed by atoms with E-state index < -0.39 is 23.2 Å². The van der Waals surface area contributed by atoms with Crippen LogP contribution in [0, 0.1) is 11.3 Å². The van der Waals surface area contributed by atoms with Gasteiger partial charge in [0.15, 0.2) is 0 Å². The molecule has 0 spiro atoms. The first-order valence-electron chi connectivity index (χ1n) is 9.84. The first kappa shape index (κ1) is 24.5. The van der Waals surface area contributed by atoms with Gasteiger partial charge in [-0.2, -0.15) is 0 Å². The zero-order chi connectivity index (χ0) is 17.5. The van der Waals surface area contributed by atoms with Gasteiger partial charge in [-0.15, -0.1) is 0 Å². The molecule has 0 amide bonds. The van der Waals surface area contributed by atoms with Crippen molar-refractivity contribution in [2.75, 3.05) is 0 Å². The normalized spacial score (nSPS) is 28.3. The second-order valence-corrected chi connectivity index (χ2v) is 13.4. The Morgan fingerprint density at radius 2 is 1.46 bits per heavy atom. The van der Waals surface area contributed by atoms with Crippen molar-refractivity contribution in [1.82, 2.24) is 0 Å². The molecular formula is C23H34Cl2Zr. The van der Waals surface area contributed by atoms with E-state index in [2.05, 4.69) is 59.8 Å². The fourth-order valence-corrected chi connectivity index (χ4v) is 9.24. The Hall–Kier alpha value is 0.423. The van der Waals surface area contributed by atoms with Gasteiger partial charge in [-0.05, 0) is 0 Å². The minimum atomic E-state index is -0.690. The van der Waals surface area contributed by atoms with Crippen molar-refractivity contribution in [3.05, 3.63) is 43.8 Å². The summed E-state index contributed by atoms with van der Waals surface area (Å²) in [7, 11) is 0. The van der Waals surface area contributed by atoms with E-state index in [9.17, 15) is 0 Å². The van der Waals surface area contributed by atoms with E-state index in [-0.39, 0.29) is 24.8 Å². The predicted molar refractivity (Wildman–Crippen MR) is 102 cm³/mol. The van der Waals surface area contributed by atoms with Gasteiger partial charge in [0, 0.05) is 0 Å². The van der Waals surface area contributed by atoms with Crippen LogP contribution in [-0.4, -0.2) is 0 Å². The second-order valence-electron chi connectivity index (χ2n) is 8.95. The zero-order valence-corrected chi connectivity index (χ0v) is 21.3. The summed E-state index contributed by atoms with van der Waals surface area (Å²) in [6.07, 6.45) is 16.4. The molecular weight excluding hydrogens is 438 g/mol. The van der Waals surface area contributed by atoms with E-state index in [0.717, 1.165) is 5.92 Å². The summed E-state index contributed by atoms with van der Waals surface area (Å²) >= 11 is -0.690. The molecule has 3 aliphatic rings. The molecule has 3 heteroatoms. The number of halogens is 2. The number of allylic oxidation sites excluding steroid dienone is 8. The van der Waals surface area contributed by atoms with Gasteiger partial charge >= 0.3 is 162 Å². The fraction of sp³-hybridized carbons (Fsp3) is 0.652. The maximum atomic E-state index is 2.69. The van der Waals surface area contributed by atoms with Crippen LogP contribution >= 0.6 is 0 Å². The third-order valence-electron chi connectivity index (χ3n) is 6.87. The minimum absolute atomic E-state index is 0. The van der Waals surface area contributed by atoms with E-state index in [1.54, 1.807) is 22.3 Å². The minimum Gasteiger partial charge on any atom is -1.00 e. The summed E-state index contributed by atoms with van der Waals surface area (Å²) in [5.74, 6) is 0.846. The molecule has 0 radical (unpaired) electrons. The van der Waals surface area contributed by atoms with Crippen molar-refractivity contribution < 1.29 is 48.0 Å². The smallest absolute Gasteiger partial charge is 1.00 e. The van der Waals surface area contributed by atoms with Crippen LogP contribution in [0.2, 0.25) is 3.12 Å². The summed E-state index contributed by atoms with van der Waals surface area (Å²) < 4.78 is 2.20. The Kier molecular flexibility index (Phi) is 8.73. The van der Waals surface area contributed by atoms with Crippen molar-refractivity contribution in [3.8, 4) is 0 Å². The molecule has 1 unspecified atom stereocenters. The molecule has 144 valence electrons. The van der Waals surface area contributed by atoms with E-state index in [4.69, 9.17) is 0 Å². The van der Waals surface area contributed by atoms with Crippen molar-refractivity contribution in [2.24, 2.45) is 11.3 Å². The molecule has 0 aromatic heterocycles. The topological polar surface area (TPSA) is 0 Å². The molecule has 0 saturated heterocycles. The molecule has 0 aliphatic heterocycles. The third-order valence-corrected chi connectivity index (χ3v) is 12.0. The molecule has 1 saturated carbocycles. The Morgan fingerprint density at radius 1 is 0.885 bits per heavy atom. The Bertz CT molecular complexity index is 643. The average molecular weight is 473 g/mol. The monoisotopic (exact) mass is 470 g/mol. The van der Waals surface area contributed by atoms with Gasteiger partial charge in [0.25, 0.3) is 0 Å². The van der Waals surface area contributed by atoms with Gasteiger partial charge in [-0.25, -0.2) is 0 Å². The predicted octanol–water partition coefficient (Wildman–Crippen LogP) is 1.37. The van der Waals surface area contributed by atoms with Gasteiger partial charge in [0.1, 0.15) is 0 Å². The summed E-state index contributed by atoms with van der Waals surface area (Å²) in [6, 6.07) is 0. The van der Waals surface area contributed by atoms with Crippen LogP contribution < -0.4 is 24.8 Å². The first-order valence-corrected chi connectivity index (χ1v) is 12.3. The second kappa shape index (κ2) is 9.28. The van der Waals surface area contributed by atoms with E-state index in [0.29, 0.717) is 8.54 Å². The van der Waals surface area contributed by atoms with Gasteiger partial charge in [0.2, 0.25) is 0 Å². The molecule has 0 heterocycles. The standard InChI is InChI=1S/C13H19.C10H15.2ClH.Zr/c1-11-8-9-13(10-11)12-6-4-2-3-5-7-12;1-7-6-10(4,5)9(3)8(7)2;;;/h8-10,12H,2-7H2,1H3;1-5H3;2*1H;/q;;;;+2/p-2. The Morgan fingerprint density at radius 3 is 1.96 bits per heavy atom. The molecule has 0 N–H and O–H groups in total. The number of hydrogen-bond acceptors (Lipinski definition) is 0. The largest absolute Gasteiger partial charge is 1.00 e. The molecule has 1 fully saturated rings. The molecule has 0 bridgehead atoms. The van der Waals surface area contributed by atoms with Crippen LogP contribution in [0.1, 0.15) is 80.1 Å². The van der Waals surface area contributed by atoms with E-state index in [1.165, 1.54) is 38.5 Å². The van der Waals surface area contributed by atoms with Crippen LogP contribution in [0.3, 0.4) is 0 Å². The van der Waals surface area contributed by atoms with Gasteiger partial charge < -0.3 is 24.8 Å². The molecule has 26 heavy (non-hydrogen) atoms. The molecule has 0 nitrogen and oxygen atoms in total. The summed E-state index contributed by atoms with van der Waals surface area (Å²) in [5.41, 5.74) is 6.77. The number of hydrogen-bond donors (Lipinski definition) is 0. The summed E-state index contributed by atoms with van der Waals surface area (Å²) in [6.45, 7) is 14.5. The average Bonchev–Trinajstić information content (AvgIpc) is 2.82. The quantitative estimate of drug-likeness (QED) is 0.545. The summed E-state index contributed by atoms with van der Waals surface area (Å²) in [4.78, 5) is 0. The van der Waals surface area contributed by atoms with Crippen molar-refractivity contribution >= 4 is 0 Å². The van der Waals surface area contributed by atoms with Gasteiger partial charge in [-0.3, -0.25) is 0 Å². The first-order chi connectivity index (χ1) is 11.2. The fourth-order valence-electron chi connectivity index (χ4n) is 4.77. The Labute approximate surface area is 185 Å². The molecule has 3 aliphatic carbocycles. The SMILES string of the molecule is CC1=C(C)C(C)(C)[C]([Zr+2][C]2(C)C=CC(C3CCCCCC3)=C2)=C1C.[Cl-].[Cl-]. The summed E-state index contributed by atoms with van der Waals surface area (Å²) in [5, 5.41) is 0. The number of rotatable bonds is 3. The van der Waals surface area contributed by atoms with Gasteiger partial charge in [-0.1, -0.05) is 0 Å². The van der Waals surface area contributed by atoms with Crippen LogP contribution in [0.25, 0.3) is 0 Å². The van der Waals surface area contributed by atoms with Crippen molar-refractivity contribution in [3.63, 3.8) is 0 Å². The molecule has 3 rings (SSSR count). The zero-order valence-electron chi connectivity index (χ0n) is 17.3. The molecule has 0 aromatic carbocycles. The van der Waals surface area contributed by atoms with Crippen molar-refractivity contribution in [2.45, 2.75) is 83.2 Å². The molecule has 1 atom stereocenters. The Balaban J connectivity index is 0.00000169. The van der Waals surface area contributed by atoms with E-state index >= 15 is 0 Å².